The van der Waals surface area contributed by atoms with Crippen LogP contribution in [0.25, 0.3) is 16.6 Å². The summed E-state index contributed by atoms with van der Waals surface area (Å²) in [6.07, 6.45) is 2.28. The number of thiazole rings is 1. The van der Waals surface area contributed by atoms with Crippen molar-refractivity contribution in [2.45, 2.75) is 0 Å². The van der Waals surface area contributed by atoms with Crippen molar-refractivity contribution in [2.75, 3.05) is 0 Å². The molecule has 1 aromatic heterocycles. The molecule has 0 radical (unpaired) electrons. The van der Waals surface area contributed by atoms with Crippen LogP contribution in [-0.2, 0) is 4.79 Å². The van der Waals surface area contributed by atoms with Gasteiger partial charge in [0.15, 0.2) is 0 Å². The second kappa shape index (κ2) is 5.45. The molecule has 2 rings (SSSR count). The van der Waals surface area contributed by atoms with E-state index in [2.05, 4.69) is 4.98 Å². The first-order chi connectivity index (χ1) is 9.08. The molecule has 96 valence electrons. The third-order valence-corrected chi connectivity index (χ3v) is 3.35. The molecule has 0 fully saturated rings. The lowest BCUT2D eigenvalue weighted by molar-refractivity contribution is -0.131. The highest BCUT2D eigenvalue weighted by Crippen LogP contribution is 2.28. The summed E-state index contributed by atoms with van der Waals surface area (Å²) >= 11 is 1.22. The molecule has 19 heavy (non-hydrogen) atoms. The molecule has 0 saturated heterocycles. The van der Waals surface area contributed by atoms with E-state index >= 15 is 0 Å². The maximum atomic E-state index is 11.3. The monoisotopic (exact) mass is 274 g/mol. The van der Waals surface area contributed by atoms with Gasteiger partial charge in [0.1, 0.15) is 10.7 Å². The van der Waals surface area contributed by atoms with E-state index in [1.165, 1.54) is 17.4 Å². The Labute approximate surface area is 113 Å². The van der Waals surface area contributed by atoms with Crippen molar-refractivity contribution >= 4 is 29.3 Å². The molecule has 0 aliphatic heterocycles. The van der Waals surface area contributed by atoms with Crippen molar-refractivity contribution < 1.29 is 14.7 Å². The molecule has 6 heteroatoms. The van der Waals surface area contributed by atoms with Crippen molar-refractivity contribution in [3.63, 3.8) is 0 Å². The summed E-state index contributed by atoms with van der Waals surface area (Å²) in [6, 6.07) is 9.29. The van der Waals surface area contributed by atoms with Crippen LogP contribution >= 0.6 is 11.3 Å². The highest BCUT2D eigenvalue weighted by atomic mass is 32.1. The van der Waals surface area contributed by atoms with Gasteiger partial charge in [0, 0.05) is 11.6 Å². The van der Waals surface area contributed by atoms with Gasteiger partial charge in [-0.05, 0) is 6.08 Å². The number of carboxylic acid groups (broad SMARTS) is 1. The fraction of sp³-hybridized carbons (Fsp3) is 0. The van der Waals surface area contributed by atoms with Crippen molar-refractivity contribution in [2.24, 2.45) is 5.73 Å². The fourth-order valence-electron chi connectivity index (χ4n) is 1.47. The fourth-order valence-corrected chi connectivity index (χ4v) is 2.45. The predicted octanol–water partition coefficient (Wildman–Crippen LogP) is 2.01. The normalized spacial score (nSPS) is 10.7. The Hall–Kier alpha value is -2.47. The van der Waals surface area contributed by atoms with Crippen LogP contribution in [0.5, 0.6) is 0 Å². The van der Waals surface area contributed by atoms with E-state index in [-0.39, 0.29) is 5.69 Å². The summed E-state index contributed by atoms with van der Waals surface area (Å²) in [5.74, 6) is -1.77. The third kappa shape index (κ3) is 3.05. The van der Waals surface area contributed by atoms with Crippen LogP contribution in [0, 0.1) is 0 Å². The molecule has 0 bridgehead atoms. The molecule has 0 spiro atoms. The molecule has 5 nitrogen and oxygen atoms in total. The second-order valence-electron chi connectivity index (χ2n) is 3.63. The number of primary amides is 1. The number of carboxylic acids is 1. The molecule has 0 aliphatic rings. The highest BCUT2D eigenvalue weighted by Gasteiger charge is 2.15. The number of aromatic nitrogens is 1. The first kappa shape index (κ1) is 13.0. The minimum absolute atomic E-state index is 0.0846. The zero-order valence-corrected chi connectivity index (χ0v) is 10.6. The smallest absolute Gasteiger partial charge is 0.328 e. The number of aliphatic carboxylic acids is 1. The van der Waals surface area contributed by atoms with Gasteiger partial charge in [-0.1, -0.05) is 30.3 Å². The van der Waals surface area contributed by atoms with E-state index in [1.807, 2.05) is 30.3 Å². The van der Waals surface area contributed by atoms with Gasteiger partial charge in [-0.3, -0.25) is 4.79 Å². The number of benzene rings is 1. The molecule has 1 amide bonds. The van der Waals surface area contributed by atoms with Crippen molar-refractivity contribution in [3.05, 3.63) is 47.0 Å². The number of hydrogen-bond acceptors (Lipinski definition) is 4. The number of amides is 1. The summed E-state index contributed by atoms with van der Waals surface area (Å²) < 4.78 is 0. The van der Waals surface area contributed by atoms with Crippen molar-refractivity contribution in [3.8, 4) is 10.6 Å². The van der Waals surface area contributed by atoms with E-state index in [4.69, 9.17) is 10.8 Å². The topological polar surface area (TPSA) is 93.3 Å². The van der Waals surface area contributed by atoms with Crippen LogP contribution in [0.15, 0.2) is 36.4 Å². The molecule has 2 aromatic rings. The molecule has 3 N–H and O–H groups in total. The predicted molar refractivity (Wildman–Crippen MR) is 72.7 cm³/mol. The van der Waals surface area contributed by atoms with Crippen LogP contribution in [0.4, 0.5) is 0 Å². The average molecular weight is 274 g/mol. The van der Waals surface area contributed by atoms with Crippen LogP contribution in [-0.4, -0.2) is 22.0 Å². The summed E-state index contributed by atoms with van der Waals surface area (Å²) in [6.45, 7) is 0. The molecule has 1 aromatic carbocycles. The van der Waals surface area contributed by atoms with Gasteiger partial charge in [-0.2, -0.15) is 0 Å². The lowest BCUT2D eigenvalue weighted by Crippen LogP contribution is -2.12. The maximum Gasteiger partial charge on any atom is 0.328 e. The zero-order chi connectivity index (χ0) is 13.8. The van der Waals surface area contributed by atoms with Gasteiger partial charge in [0.05, 0.1) is 4.88 Å². The van der Waals surface area contributed by atoms with E-state index < -0.39 is 11.9 Å². The maximum absolute atomic E-state index is 11.3. The number of rotatable bonds is 4. The Kier molecular flexibility index (Phi) is 3.72. The third-order valence-electron chi connectivity index (χ3n) is 2.28. The number of hydrogen-bond donors (Lipinski definition) is 2. The van der Waals surface area contributed by atoms with Gasteiger partial charge in [0.25, 0.3) is 5.91 Å². The van der Waals surface area contributed by atoms with Gasteiger partial charge < -0.3 is 10.8 Å². The number of nitrogens with two attached hydrogens (primary N) is 1. The first-order valence-electron chi connectivity index (χ1n) is 5.35. The lowest BCUT2D eigenvalue weighted by atomic mass is 10.2. The Morgan fingerprint density at radius 3 is 2.53 bits per heavy atom. The standard InChI is InChI=1S/C13H10N2O3S/c14-12(18)11-9(6-7-10(16)17)19-13(15-11)8-4-2-1-3-5-8/h1-7H,(H2,14,18)(H,16,17)/b7-6+. The van der Waals surface area contributed by atoms with E-state index in [9.17, 15) is 9.59 Å². The average Bonchev–Trinajstić information content (AvgIpc) is 2.81. The van der Waals surface area contributed by atoms with Crippen LogP contribution < -0.4 is 5.73 Å². The summed E-state index contributed by atoms with van der Waals surface area (Å²) in [5.41, 5.74) is 6.17. The van der Waals surface area contributed by atoms with Gasteiger partial charge >= 0.3 is 5.97 Å². The number of carbonyl (C=O) groups is 2. The molecule has 1 heterocycles. The van der Waals surface area contributed by atoms with Crippen LogP contribution in [0.3, 0.4) is 0 Å². The number of carbonyl (C=O) groups excluding carboxylic acids is 1. The number of nitrogens with zero attached hydrogens (tertiary/aromatic N) is 1. The van der Waals surface area contributed by atoms with Crippen LogP contribution in [0.2, 0.25) is 0 Å². The summed E-state index contributed by atoms with van der Waals surface area (Å²) in [4.78, 5) is 26.4. The second-order valence-corrected chi connectivity index (χ2v) is 4.66. The molecular formula is C13H10N2O3S. The minimum atomic E-state index is -1.09. The lowest BCUT2D eigenvalue weighted by Gasteiger charge is -1.92. The Bertz CT molecular complexity index is 647. The molecule has 0 atom stereocenters. The first-order valence-corrected chi connectivity index (χ1v) is 6.16. The molecule has 0 unspecified atom stereocenters. The SMILES string of the molecule is NC(=O)c1nc(-c2ccccc2)sc1/C=C/C(=O)O. The highest BCUT2D eigenvalue weighted by molar-refractivity contribution is 7.16. The van der Waals surface area contributed by atoms with Gasteiger partial charge in [-0.15, -0.1) is 11.3 Å². The van der Waals surface area contributed by atoms with Crippen molar-refractivity contribution in [1.82, 2.24) is 4.98 Å². The van der Waals surface area contributed by atoms with Crippen molar-refractivity contribution in [1.29, 1.82) is 0 Å². The van der Waals surface area contributed by atoms with E-state index in [0.717, 1.165) is 11.6 Å². The molecular weight excluding hydrogens is 264 g/mol. The van der Waals surface area contributed by atoms with Gasteiger partial charge in [0.2, 0.25) is 0 Å². The Morgan fingerprint density at radius 2 is 1.95 bits per heavy atom. The largest absolute Gasteiger partial charge is 0.478 e. The molecule has 0 aliphatic carbocycles. The van der Waals surface area contributed by atoms with Crippen LogP contribution in [0.1, 0.15) is 15.4 Å². The summed E-state index contributed by atoms with van der Waals surface area (Å²) in [7, 11) is 0. The van der Waals surface area contributed by atoms with Gasteiger partial charge in [-0.25, -0.2) is 9.78 Å². The quantitative estimate of drug-likeness (QED) is 0.834. The summed E-state index contributed by atoms with van der Waals surface area (Å²) in [5, 5.41) is 9.23. The van der Waals surface area contributed by atoms with E-state index in [1.54, 1.807) is 0 Å². The Balaban J connectivity index is 2.47. The van der Waals surface area contributed by atoms with E-state index in [0.29, 0.717) is 9.88 Å². The minimum Gasteiger partial charge on any atom is -0.478 e. The molecule has 0 saturated carbocycles. The Morgan fingerprint density at radius 1 is 1.26 bits per heavy atom. The zero-order valence-electron chi connectivity index (χ0n) is 9.74.